The molecule has 0 bridgehead atoms. The molecule has 0 fully saturated rings. The van der Waals surface area contributed by atoms with Crippen LogP contribution in [0.5, 0.6) is 5.75 Å². The highest BCUT2D eigenvalue weighted by Gasteiger charge is 2.14. The Kier molecular flexibility index (Phi) is 6.75. The second-order valence-electron chi connectivity index (χ2n) is 6.15. The summed E-state index contributed by atoms with van der Waals surface area (Å²) in [7, 11) is 1.57. The summed E-state index contributed by atoms with van der Waals surface area (Å²) in [4.78, 5) is 29.6. The van der Waals surface area contributed by atoms with Gasteiger partial charge in [0.1, 0.15) is 5.75 Å². The second-order valence-corrected chi connectivity index (χ2v) is 6.15. The first-order valence-corrected chi connectivity index (χ1v) is 8.96. The lowest BCUT2D eigenvalue weighted by Gasteiger charge is -2.12. The van der Waals surface area contributed by atoms with E-state index in [1.54, 1.807) is 79.9 Å². The summed E-state index contributed by atoms with van der Waals surface area (Å²) < 4.78 is 5.11. The van der Waals surface area contributed by atoms with Crippen molar-refractivity contribution in [2.24, 2.45) is 11.1 Å². The summed E-state index contributed by atoms with van der Waals surface area (Å²) in [5, 5.41) is 9.06. The van der Waals surface area contributed by atoms with Crippen molar-refractivity contribution in [3.8, 4) is 5.75 Å². The van der Waals surface area contributed by atoms with Crippen LogP contribution < -0.4 is 21.3 Å². The molecule has 3 aromatic rings. The molecule has 30 heavy (non-hydrogen) atoms. The first-order valence-electron chi connectivity index (χ1n) is 8.96. The maximum absolute atomic E-state index is 12.7. The Labute approximate surface area is 173 Å². The number of anilines is 2. The third-order valence-corrected chi connectivity index (χ3v) is 4.18. The van der Waals surface area contributed by atoms with Crippen LogP contribution in [-0.2, 0) is 4.94 Å². The lowest BCUT2D eigenvalue weighted by molar-refractivity contribution is 0.102. The van der Waals surface area contributed by atoms with Crippen molar-refractivity contribution in [1.82, 2.24) is 0 Å². The van der Waals surface area contributed by atoms with E-state index in [9.17, 15) is 9.59 Å². The number of methoxy groups -OCH3 is 1. The number of amides is 2. The van der Waals surface area contributed by atoms with Crippen molar-refractivity contribution < 1.29 is 19.3 Å². The molecular formula is C22H20N4O4. The fraction of sp³-hybridized carbons (Fsp3) is 0.0455. The van der Waals surface area contributed by atoms with E-state index < -0.39 is 0 Å². The highest BCUT2D eigenvalue weighted by molar-refractivity contribution is 6.12. The van der Waals surface area contributed by atoms with Gasteiger partial charge in [-0.25, -0.2) is 0 Å². The number of oxime groups is 1. The fourth-order valence-corrected chi connectivity index (χ4v) is 2.71. The largest absolute Gasteiger partial charge is 0.497 e. The van der Waals surface area contributed by atoms with Crippen molar-refractivity contribution in [1.29, 1.82) is 0 Å². The molecule has 2 amide bonds. The zero-order valence-corrected chi connectivity index (χ0v) is 16.2. The maximum atomic E-state index is 12.7. The van der Waals surface area contributed by atoms with Gasteiger partial charge in [0.25, 0.3) is 11.8 Å². The molecule has 0 heterocycles. The molecular weight excluding hydrogens is 384 g/mol. The predicted octanol–water partition coefficient (Wildman–Crippen LogP) is 3.42. The normalized spacial score (nSPS) is 10.5. The van der Waals surface area contributed by atoms with Gasteiger partial charge in [-0.2, -0.15) is 0 Å². The number of para-hydroxylation sites is 1. The van der Waals surface area contributed by atoms with Crippen molar-refractivity contribution in [2.75, 3.05) is 17.7 Å². The summed E-state index contributed by atoms with van der Waals surface area (Å²) >= 11 is 0. The molecule has 8 heteroatoms. The SMILES string of the molecule is COc1ccc(NC(=O)c2ccccc2NC(=O)c2cccc(C=NON)c2)cc1. The molecule has 0 unspecified atom stereocenters. The Morgan fingerprint density at radius 3 is 2.43 bits per heavy atom. The highest BCUT2D eigenvalue weighted by Crippen LogP contribution is 2.20. The number of rotatable bonds is 7. The Balaban J connectivity index is 1.76. The van der Waals surface area contributed by atoms with Crippen LogP contribution in [0.3, 0.4) is 0 Å². The van der Waals surface area contributed by atoms with Crippen molar-refractivity contribution in [2.45, 2.75) is 0 Å². The minimum absolute atomic E-state index is 0.330. The summed E-state index contributed by atoms with van der Waals surface area (Å²) in [6.07, 6.45) is 1.38. The minimum Gasteiger partial charge on any atom is -0.497 e. The smallest absolute Gasteiger partial charge is 0.257 e. The first-order chi connectivity index (χ1) is 14.6. The van der Waals surface area contributed by atoms with Crippen LogP contribution in [-0.4, -0.2) is 25.1 Å². The maximum Gasteiger partial charge on any atom is 0.257 e. The zero-order chi connectivity index (χ0) is 21.3. The second kappa shape index (κ2) is 9.85. The van der Waals surface area contributed by atoms with Gasteiger partial charge in [-0.15, -0.1) is 5.90 Å². The lowest BCUT2D eigenvalue weighted by Crippen LogP contribution is -2.18. The molecule has 8 nitrogen and oxygen atoms in total. The molecule has 0 aliphatic carbocycles. The van der Waals surface area contributed by atoms with Crippen LogP contribution in [0.4, 0.5) is 11.4 Å². The number of hydrogen-bond donors (Lipinski definition) is 3. The topological polar surface area (TPSA) is 115 Å². The molecule has 3 aromatic carbocycles. The van der Waals surface area contributed by atoms with E-state index in [0.29, 0.717) is 33.8 Å². The Hall–Kier alpha value is -4.17. The quantitative estimate of drug-likeness (QED) is 0.412. The summed E-state index contributed by atoms with van der Waals surface area (Å²) in [5.41, 5.74) is 2.35. The molecule has 0 spiro atoms. The predicted molar refractivity (Wildman–Crippen MR) is 115 cm³/mol. The Morgan fingerprint density at radius 1 is 0.933 bits per heavy atom. The summed E-state index contributed by atoms with van der Waals surface area (Å²) in [6, 6.07) is 20.4. The van der Waals surface area contributed by atoms with Crippen LogP contribution in [0.1, 0.15) is 26.3 Å². The number of ether oxygens (including phenoxy) is 1. The Morgan fingerprint density at radius 2 is 1.70 bits per heavy atom. The monoisotopic (exact) mass is 404 g/mol. The molecule has 0 aliphatic rings. The van der Waals surface area contributed by atoms with Crippen LogP contribution in [0.15, 0.2) is 78.0 Å². The molecule has 0 aromatic heterocycles. The van der Waals surface area contributed by atoms with E-state index in [4.69, 9.17) is 10.6 Å². The minimum atomic E-state index is -0.372. The number of carbonyl (C=O) groups excluding carboxylic acids is 2. The van der Waals surface area contributed by atoms with E-state index in [1.165, 1.54) is 6.21 Å². The van der Waals surface area contributed by atoms with E-state index >= 15 is 0 Å². The zero-order valence-electron chi connectivity index (χ0n) is 16.2. The fourth-order valence-electron chi connectivity index (χ4n) is 2.71. The molecule has 3 rings (SSSR count). The van der Waals surface area contributed by atoms with Crippen molar-refractivity contribution in [3.63, 3.8) is 0 Å². The summed E-state index contributed by atoms with van der Waals surface area (Å²) in [5.74, 6) is 4.83. The van der Waals surface area contributed by atoms with E-state index in [-0.39, 0.29) is 11.8 Å². The average molecular weight is 404 g/mol. The van der Waals surface area contributed by atoms with Crippen LogP contribution >= 0.6 is 0 Å². The number of nitrogens with two attached hydrogens (primary N) is 1. The molecule has 0 saturated carbocycles. The van der Waals surface area contributed by atoms with Crippen molar-refractivity contribution in [3.05, 3.63) is 89.5 Å². The van der Waals surface area contributed by atoms with Crippen LogP contribution in [0.25, 0.3) is 0 Å². The van der Waals surface area contributed by atoms with E-state index in [2.05, 4.69) is 20.7 Å². The molecule has 0 atom stereocenters. The number of hydrogen-bond acceptors (Lipinski definition) is 6. The van der Waals surface area contributed by atoms with Gasteiger partial charge >= 0.3 is 0 Å². The van der Waals surface area contributed by atoms with Gasteiger partial charge in [0.2, 0.25) is 0 Å². The molecule has 4 N–H and O–H groups in total. The van der Waals surface area contributed by atoms with Gasteiger partial charge in [0, 0.05) is 11.3 Å². The van der Waals surface area contributed by atoms with E-state index in [0.717, 1.165) is 0 Å². The number of nitrogens with zero attached hydrogens (tertiary/aromatic N) is 1. The highest BCUT2D eigenvalue weighted by atomic mass is 16.7. The van der Waals surface area contributed by atoms with Crippen LogP contribution in [0, 0.1) is 0 Å². The number of benzene rings is 3. The Bertz CT molecular complexity index is 1060. The summed E-state index contributed by atoms with van der Waals surface area (Å²) in [6.45, 7) is 0. The van der Waals surface area contributed by atoms with Gasteiger partial charge < -0.3 is 20.3 Å². The van der Waals surface area contributed by atoms with Gasteiger partial charge in [-0.05, 0) is 54.1 Å². The third kappa shape index (κ3) is 5.21. The van der Waals surface area contributed by atoms with Gasteiger partial charge in [-0.1, -0.05) is 29.4 Å². The van der Waals surface area contributed by atoms with E-state index in [1.807, 2.05) is 0 Å². The van der Waals surface area contributed by atoms with Crippen LogP contribution in [0.2, 0.25) is 0 Å². The average Bonchev–Trinajstić information content (AvgIpc) is 2.78. The first kappa shape index (κ1) is 20.6. The third-order valence-electron chi connectivity index (χ3n) is 4.18. The molecule has 0 radical (unpaired) electrons. The van der Waals surface area contributed by atoms with Gasteiger partial charge in [-0.3, -0.25) is 9.59 Å². The molecule has 0 saturated heterocycles. The van der Waals surface area contributed by atoms with Crippen molar-refractivity contribution >= 4 is 29.4 Å². The lowest BCUT2D eigenvalue weighted by atomic mass is 10.1. The van der Waals surface area contributed by atoms with Gasteiger partial charge in [0.15, 0.2) is 0 Å². The number of nitrogens with one attached hydrogen (secondary N) is 2. The number of carbonyl (C=O) groups is 2. The molecule has 0 aliphatic heterocycles. The molecule has 152 valence electrons. The van der Waals surface area contributed by atoms with Gasteiger partial charge in [0.05, 0.1) is 24.6 Å². The standard InChI is InChI=1S/C22H20N4O4/c1-29-18-11-9-17(10-12-18)25-22(28)19-7-2-3-8-20(19)26-21(27)16-6-4-5-15(13-16)14-24-30-23/h2-14H,23H2,1H3,(H,25,28)(H,26,27).